The molecule has 6 nitrogen and oxygen atoms in total. The largest absolute Gasteiger partial charge is 0.382 e. The summed E-state index contributed by atoms with van der Waals surface area (Å²) in [6.45, 7) is 0. The van der Waals surface area contributed by atoms with Gasteiger partial charge in [0.25, 0.3) is 0 Å². The van der Waals surface area contributed by atoms with Crippen LogP contribution in [0.4, 0.5) is 25.1 Å². The van der Waals surface area contributed by atoms with Gasteiger partial charge in [-0.1, -0.05) is 31.6 Å². The Morgan fingerprint density at radius 3 is 2.13 bits per heavy atom. The first-order valence-electron chi connectivity index (χ1n) is 12.0. The summed E-state index contributed by atoms with van der Waals surface area (Å²) in [5.74, 6) is 0. The Kier molecular flexibility index (Phi) is 6.01. The van der Waals surface area contributed by atoms with Crippen molar-refractivity contribution >= 4 is 31.3 Å². The van der Waals surface area contributed by atoms with E-state index in [0.717, 1.165) is 23.3 Å². The summed E-state index contributed by atoms with van der Waals surface area (Å²) in [6, 6.07) is 15.3. The van der Waals surface area contributed by atoms with Crippen LogP contribution in [0.25, 0.3) is 16.8 Å². The van der Waals surface area contributed by atoms with Gasteiger partial charge in [-0.05, 0) is 85.3 Å². The van der Waals surface area contributed by atoms with E-state index < -0.39 is 30.1 Å². The zero-order valence-corrected chi connectivity index (χ0v) is 22.0. The molecule has 2 aromatic carbocycles. The van der Waals surface area contributed by atoms with Crippen molar-refractivity contribution < 1.29 is 23.6 Å². The molecule has 2 heterocycles. The second-order valence-electron chi connectivity index (χ2n) is 9.64. The molecule has 1 aliphatic rings. The van der Waals surface area contributed by atoms with Crippen LogP contribution in [-0.4, -0.2) is 24.9 Å². The summed E-state index contributed by atoms with van der Waals surface area (Å²) in [7, 11) is -12.8. The van der Waals surface area contributed by atoms with Crippen LogP contribution < -0.4 is 5.32 Å². The number of fused-ring (bicyclic) bond motifs is 1. The van der Waals surface area contributed by atoms with E-state index in [0.29, 0.717) is 59.7 Å². The lowest BCUT2D eigenvalue weighted by Gasteiger charge is -2.40. The van der Waals surface area contributed by atoms with Crippen molar-refractivity contribution in [1.29, 1.82) is 10.0 Å². The maximum absolute atomic E-state index is 13.5. The molecule has 0 amide bonds. The molecule has 5 rings (SSSR count). The molecule has 1 fully saturated rings. The maximum Gasteiger partial charge on any atom is 0.310 e. The molecular formula is C26H24F5N5OS2. The lowest BCUT2D eigenvalue weighted by atomic mass is 9.95. The number of halogens is 5. The molecule has 1 saturated carbocycles. The molecule has 2 N–H and O–H groups in total. The van der Waals surface area contributed by atoms with Gasteiger partial charge in [-0.3, -0.25) is 4.40 Å². The smallest absolute Gasteiger partial charge is 0.310 e. The Morgan fingerprint density at radius 1 is 0.923 bits per heavy atom. The minimum atomic E-state index is -9.71. The zero-order chi connectivity index (χ0) is 28.1. The second-order valence-corrected chi connectivity index (χ2v) is 14.4. The standard InChI is InChI=1S/C26H24F5N5OS2/c27-39(28,29,30,31)25-12-6-21(7-13-25)35-20-4-10-24(11-5-20)38(33,37)23-8-1-18(2-9-23)19-3-14-26-34-16-22(15-32)36(26)17-19/h1-3,6-9,12-14,16-17,20,24,33,35H,4-5,10-11H2. The number of benzene rings is 2. The number of nitriles is 1. The number of imidazole rings is 1. The molecule has 2 aromatic heterocycles. The monoisotopic (exact) mass is 581 g/mol. The van der Waals surface area contributed by atoms with Crippen molar-refractivity contribution in [2.45, 2.75) is 46.8 Å². The third-order valence-corrected chi connectivity index (χ3v) is 10.5. The van der Waals surface area contributed by atoms with Gasteiger partial charge in [0.05, 0.1) is 15.9 Å². The van der Waals surface area contributed by atoms with E-state index in [-0.39, 0.29) is 6.04 Å². The predicted molar refractivity (Wildman–Crippen MR) is 142 cm³/mol. The fourth-order valence-electron chi connectivity index (χ4n) is 4.86. The van der Waals surface area contributed by atoms with Gasteiger partial charge in [0.2, 0.25) is 0 Å². The van der Waals surface area contributed by atoms with Gasteiger partial charge in [-0.15, -0.1) is 0 Å². The molecular weight excluding hydrogens is 557 g/mol. The second kappa shape index (κ2) is 8.69. The van der Waals surface area contributed by atoms with Gasteiger partial charge >= 0.3 is 10.2 Å². The van der Waals surface area contributed by atoms with Gasteiger partial charge < -0.3 is 5.32 Å². The average Bonchev–Trinajstić information content (AvgIpc) is 3.30. The van der Waals surface area contributed by atoms with Crippen molar-refractivity contribution in [3.8, 4) is 17.2 Å². The fraction of sp³-hybridized carbons (Fsp3) is 0.231. The quantitative estimate of drug-likeness (QED) is 0.224. The van der Waals surface area contributed by atoms with Crippen LogP contribution in [0.5, 0.6) is 0 Å². The van der Waals surface area contributed by atoms with E-state index in [2.05, 4.69) is 16.4 Å². The van der Waals surface area contributed by atoms with E-state index in [1.807, 2.05) is 6.07 Å². The first kappa shape index (κ1) is 27.0. The van der Waals surface area contributed by atoms with Crippen LogP contribution in [0.1, 0.15) is 31.4 Å². The minimum Gasteiger partial charge on any atom is -0.382 e. The topological polar surface area (TPSA) is 94.0 Å². The highest BCUT2D eigenvalue weighted by Crippen LogP contribution is 3.02. The lowest BCUT2D eigenvalue weighted by Crippen LogP contribution is -2.32. The number of pyridine rings is 1. The lowest BCUT2D eigenvalue weighted by molar-refractivity contribution is 0.364. The number of anilines is 1. The third-order valence-electron chi connectivity index (χ3n) is 6.97. The first-order valence-corrected chi connectivity index (χ1v) is 15.6. The van der Waals surface area contributed by atoms with Crippen molar-refractivity contribution in [1.82, 2.24) is 9.38 Å². The van der Waals surface area contributed by atoms with Gasteiger partial charge in [0.1, 0.15) is 22.3 Å². The van der Waals surface area contributed by atoms with Crippen molar-refractivity contribution in [2.24, 2.45) is 0 Å². The number of hydrogen-bond acceptors (Lipinski definition) is 5. The fourth-order valence-corrected chi connectivity index (χ4v) is 7.37. The Bertz CT molecular complexity index is 1690. The first-order chi connectivity index (χ1) is 18.1. The summed E-state index contributed by atoms with van der Waals surface area (Å²) in [6.07, 6.45) is 5.31. The SMILES string of the molecule is N#Cc1cnc2ccc(-c3ccc(S(=N)(=O)C4CCC(Nc5ccc(S(F)(F)(F)(F)F)cc5)CC4)cc3)cn12. The summed E-state index contributed by atoms with van der Waals surface area (Å²) in [5, 5.41) is 11.9. The zero-order valence-electron chi connectivity index (χ0n) is 20.4. The molecule has 0 spiro atoms. The molecule has 0 bridgehead atoms. The highest BCUT2D eigenvalue weighted by atomic mass is 32.5. The van der Waals surface area contributed by atoms with Gasteiger partial charge in [-0.2, -0.15) is 5.26 Å². The molecule has 1 aliphatic carbocycles. The molecule has 0 aliphatic heterocycles. The molecule has 1 atom stereocenters. The maximum atomic E-state index is 13.5. The van der Waals surface area contributed by atoms with Crippen LogP contribution in [0.3, 0.4) is 0 Å². The normalized spacial score (nSPS) is 21.3. The summed E-state index contributed by atoms with van der Waals surface area (Å²) in [5.41, 5.74) is 3.01. The number of nitrogens with zero attached hydrogens (tertiary/aromatic N) is 3. The van der Waals surface area contributed by atoms with Gasteiger partial charge in [0.15, 0.2) is 0 Å². The Balaban J connectivity index is 1.23. The van der Waals surface area contributed by atoms with Crippen LogP contribution in [0.15, 0.2) is 82.8 Å². The summed E-state index contributed by atoms with van der Waals surface area (Å²) < 4.78 is 88.5. The van der Waals surface area contributed by atoms with Crippen molar-refractivity contribution in [2.75, 3.05) is 5.32 Å². The van der Waals surface area contributed by atoms with Gasteiger partial charge in [-0.25, -0.2) is 14.0 Å². The number of hydrogen-bond donors (Lipinski definition) is 2. The Morgan fingerprint density at radius 2 is 1.54 bits per heavy atom. The van der Waals surface area contributed by atoms with Crippen LogP contribution >= 0.6 is 10.2 Å². The molecule has 206 valence electrons. The number of nitrogens with one attached hydrogen (secondary N) is 2. The van der Waals surface area contributed by atoms with Gasteiger partial charge in [0, 0.05) is 28.1 Å². The molecule has 0 radical (unpaired) electrons. The highest BCUT2D eigenvalue weighted by Gasteiger charge is 2.65. The van der Waals surface area contributed by atoms with Crippen LogP contribution in [0.2, 0.25) is 0 Å². The third kappa shape index (κ3) is 5.58. The van der Waals surface area contributed by atoms with Crippen molar-refractivity contribution in [3.05, 3.63) is 78.8 Å². The van der Waals surface area contributed by atoms with E-state index in [1.54, 1.807) is 40.9 Å². The molecule has 1 unspecified atom stereocenters. The number of rotatable bonds is 6. The summed E-state index contributed by atoms with van der Waals surface area (Å²) >= 11 is 0. The van der Waals surface area contributed by atoms with Crippen LogP contribution in [0, 0.1) is 16.1 Å². The molecule has 39 heavy (non-hydrogen) atoms. The van der Waals surface area contributed by atoms with E-state index in [9.17, 15) is 28.9 Å². The van der Waals surface area contributed by atoms with Crippen LogP contribution in [-0.2, 0) is 9.73 Å². The minimum absolute atomic E-state index is 0.138. The molecule has 0 saturated heterocycles. The highest BCUT2D eigenvalue weighted by molar-refractivity contribution is 8.45. The Labute approximate surface area is 222 Å². The number of aromatic nitrogens is 2. The van der Waals surface area contributed by atoms with E-state index >= 15 is 0 Å². The molecule has 4 aromatic rings. The van der Waals surface area contributed by atoms with E-state index in [1.165, 1.54) is 6.20 Å². The van der Waals surface area contributed by atoms with Crippen molar-refractivity contribution in [3.63, 3.8) is 0 Å². The Hall–Kier alpha value is -3.63. The summed E-state index contributed by atoms with van der Waals surface area (Å²) in [4.78, 5) is 2.66. The predicted octanol–water partition coefficient (Wildman–Crippen LogP) is 8.36. The van der Waals surface area contributed by atoms with E-state index in [4.69, 9.17) is 4.78 Å². The average molecular weight is 582 g/mol. The molecule has 13 heteroatoms.